The summed E-state index contributed by atoms with van der Waals surface area (Å²) >= 11 is 2.83. The van der Waals surface area contributed by atoms with Gasteiger partial charge in [-0.25, -0.2) is 14.8 Å². The van der Waals surface area contributed by atoms with Crippen LogP contribution < -0.4 is 11.2 Å². The number of thiazole rings is 2. The summed E-state index contributed by atoms with van der Waals surface area (Å²) in [6.07, 6.45) is 0. The van der Waals surface area contributed by atoms with Crippen LogP contribution in [0.1, 0.15) is 10.4 Å². The highest BCUT2D eigenvalue weighted by atomic mass is 32.1. The number of carboxylic acids is 1. The van der Waals surface area contributed by atoms with E-state index in [0.717, 1.165) is 20.4 Å². The maximum absolute atomic E-state index is 13.5. The van der Waals surface area contributed by atoms with Gasteiger partial charge in [-0.2, -0.15) is 0 Å². The molecule has 44 heavy (non-hydrogen) atoms. The average Bonchev–Trinajstić information content (AvgIpc) is 3.63. The predicted molar refractivity (Wildman–Crippen MR) is 175 cm³/mol. The molecule has 2 aliphatic rings. The highest BCUT2D eigenvalue weighted by Gasteiger charge is 2.26. The van der Waals surface area contributed by atoms with E-state index in [0.29, 0.717) is 43.2 Å². The topological polar surface area (TPSA) is 140 Å². The van der Waals surface area contributed by atoms with Crippen molar-refractivity contribution in [3.8, 4) is 49.3 Å². The zero-order valence-electron chi connectivity index (χ0n) is 22.6. The van der Waals surface area contributed by atoms with Crippen LogP contribution >= 0.6 is 22.7 Å². The van der Waals surface area contributed by atoms with Gasteiger partial charge in [0, 0.05) is 34.3 Å². The van der Waals surface area contributed by atoms with Crippen molar-refractivity contribution < 1.29 is 19.4 Å². The van der Waals surface area contributed by atoms with Crippen LogP contribution in [0.4, 0.5) is 5.69 Å². The SMILES string of the molecule is Nc1cccc(-c2c3cc(-c4nc5ccccc5s4)c(=O)cc-3oc3cc(O)c(-c4nc5ccccc5s4)cc23)c1C(=O)O. The molecule has 4 aromatic carbocycles. The van der Waals surface area contributed by atoms with Crippen LogP contribution in [0.2, 0.25) is 0 Å². The van der Waals surface area contributed by atoms with Crippen molar-refractivity contribution in [3.63, 3.8) is 0 Å². The van der Waals surface area contributed by atoms with Crippen LogP contribution in [-0.2, 0) is 0 Å². The molecule has 3 heterocycles. The number of hydrogen-bond acceptors (Lipinski definition) is 9. The first-order valence-electron chi connectivity index (χ1n) is 13.5. The quantitative estimate of drug-likeness (QED) is 0.134. The summed E-state index contributed by atoms with van der Waals surface area (Å²) in [5.74, 6) is -1.03. The molecule has 0 fully saturated rings. The van der Waals surface area contributed by atoms with E-state index in [1.165, 1.54) is 40.9 Å². The summed E-state index contributed by atoms with van der Waals surface area (Å²) in [5, 5.41) is 23.1. The summed E-state index contributed by atoms with van der Waals surface area (Å²) in [7, 11) is 0. The Morgan fingerprint density at radius 2 is 1.41 bits per heavy atom. The molecule has 4 N–H and O–H groups in total. The highest BCUT2D eigenvalue weighted by Crippen LogP contribution is 2.47. The molecule has 0 radical (unpaired) electrons. The molecule has 10 heteroatoms. The molecule has 6 aromatic rings. The molecule has 0 saturated heterocycles. The molecule has 8 rings (SSSR count). The van der Waals surface area contributed by atoms with Crippen molar-refractivity contribution in [3.05, 3.63) is 107 Å². The molecule has 0 spiro atoms. The number of nitrogens with two attached hydrogens (primary N) is 1. The lowest BCUT2D eigenvalue weighted by atomic mass is 9.88. The summed E-state index contributed by atoms with van der Waals surface area (Å²) in [6, 6.07) is 26.5. The smallest absolute Gasteiger partial charge is 0.338 e. The summed E-state index contributed by atoms with van der Waals surface area (Å²) in [4.78, 5) is 35.4. The number of nitrogen functional groups attached to an aromatic ring is 1. The molecular weight excluding hydrogens is 595 g/mol. The Hall–Kier alpha value is -5.58. The van der Waals surface area contributed by atoms with E-state index in [9.17, 15) is 19.8 Å². The van der Waals surface area contributed by atoms with Gasteiger partial charge in [-0.1, -0.05) is 36.4 Å². The number of aromatic nitrogens is 2. The van der Waals surface area contributed by atoms with Gasteiger partial charge in [-0.3, -0.25) is 4.79 Å². The van der Waals surface area contributed by atoms with Gasteiger partial charge in [-0.15, -0.1) is 22.7 Å². The zero-order chi connectivity index (χ0) is 30.1. The lowest BCUT2D eigenvalue weighted by Crippen LogP contribution is -2.08. The van der Waals surface area contributed by atoms with Crippen molar-refractivity contribution >= 4 is 65.7 Å². The largest absolute Gasteiger partial charge is 0.507 e. The van der Waals surface area contributed by atoms with Gasteiger partial charge in [0.25, 0.3) is 0 Å². The minimum absolute atomic E-state index is 0.0647. The Balaban J connectivity index is 1.49. The fourth-order valence-corrected chi connectivity index (χ4v) is 7.55. The first-order chi connectivity index (χ1) is 21.4. The lowest BCUT2D eigenvalue weighted by molar-refractivity contribution is 0.0699. The van der Waals surface area contributed by atoms with Crippen molar-refractivity contribution in [2.75, 3.05) is 5.73 Å². The van der Waals surface area contributed by atoms with Crippen LogP contribution in [0.3, 0.4) is 0 Å². The number of carbonyl (C=O) groups is 1. The standard InChI is InChI=1S/C34H19N3O5S2/c35-21-7-5-6-16(31(21)34(40)41)30-19-12-17(32-36-22-8-1-3-10-28(22)43-32)24(38)14-26(19)42-27-15-25(39)18(13-20(27)30)33-37-23-9-2-4-11-29(23)44-33/h1-15,38H,35H2,(H,40,41). The van der Waals surface area contributed by atoms with Gasteiger partial charge >= 0.3 is 5.97 Å². The van der Waals surface area contributed by atoms with Crippen molar-refractivity contribution in [2.45, 2.75) is 0 Å². The van der Waals surface area contributed by atoms with Crippen LogP contribution in [0.15, 0.2) is 100 Å². The Morgan fingerprint density at radius 1 is 0.750 bits per heavy atom. The normalized spacial score (nSPS) is 11.6. The number of benzene rings is 5. The van der Waals surface area contributed by atoms with E-state index >= 15 is 0 Å². The van der Waals surface area contributed by atoms with E-state index in [1.807, 2.05) is 48.5 Å². The number of fused-ring (bicyclic) bond motifs is 4. The number of phenols is 1. The monoisotopic (exact) mass is 613 g/mol. The number of para-hydroxylation sites is 2. The molecular formula is C34H19N3O5S2. The third-order valence-corrected chi connectivity index (χ3v) is 9.71. The van der Waals surface area contributed by atoms with E-state index in [4.69, 9.17) is 20.1 Å². The first-order valence-corrected chi connectivity index (χ1v) is 15.1. The van der Waals surface area contributed by atoms with Crippen molar-refractivity contribution in [2.24, 2.45) is 0 Å². The van der Waals surface area contributed by atoms with E-state index in [2.05, 4.69) is 0 Å². The first kappa shape index (κ1) is 26.1. The molecule has 8 nitrogen and oxygen atoms in total. The second-order valence-corrected chi connectivity index (χ2v) is 12.3. The van der Waals surface area contributed by atoms with Gasteiger partial charge in [-0.05, 0) is 48.0 Å². The zero-order valence-corrected chi connectivity index (χ0v) is 24.2. The van der Waals surface area contributed by atoms with Crippen LogP contribution in [0.5, 0.6) is 5.75 Å². The Kier molecular flexibility index (Phi) is 5.77. The van der Waals surface area contributed by atoms with Gasteiger partial charge in [0.2, 0.25) is 0 Å². The lowest BCUT2D eigenvalue weighted by Gasteiger charge is -2.19. The van der Waals surface area contributed by atoms with E-state index in [1.54, 1.807) is 24.3 Å². The maximum Gasteiger partial charge on any atom is 0.338 e. The van der Waals surface area contributed by atoms with Crippen molar-refractivity contribution in [1.29, 1.82) is 0 Å². The van der Waals surface area contributed by atoms with Gasteiger partial charge in [0.1, 0.15) is 27.1 Å². The van der Waals surface area contributed by atoms with Crippen LogP contribution in [0, 0.1) is 0 Å². The third-order valence-electron chi connectivity index (χ3n) is 7.57. The van der Waals surface area contributed by atoms with Gasteiger partial charge in [0.15, 0.2) is 5.43 Å². The molecule has 0 saturated carbocycles. The number of phenolic OH excluding ortho intramolecular Hbond substituents is 1. The van der Waals surface area contributed by atoms with Crippen LogP contribution in [-0.4, -0.2) is 26.2 Å². The van der Waals surface area contributed by atoms with Crippen molar-refractivity contribution in [1.82, 2.24) is 9.97 Å². The second kappa shape index (κ2) is 9.73. The van der Waals surface area contributed by atoms with E-state index in [-0.39, 0.29) is 33.8 Å². The molecule has 0 atom stereocenters. The Morgan fingerprint density at radius 3 is 2.07 bits per heavy atom. The third kappa shape index (κ3) is 4.03. The summed E-state index contributed by atoms with van der Waals surface area (Å²) in [5.41, 5.74) is 9.92. The molecule has 2 aromatic heterocycles. The molecule has 212 valence electrons. The number of hydrogen-bond donors (Lipinski definition) is 3. The summed E-state index contributed by atoms with van der Waals surface area (Å²) < 4.78 is 8.12. The number of nitrogens with zero attached hydrogens (tertiary/aromatic N) is 2. The molecule has 1 aliphatic carbocycles. The highest BCUT2D eigenvalue weighted by molar-refractivity contribution is 7.22. The summed E-state index contributed by atoms with van der Waals surface area (Å²) in [6.45, 7) is 0. The fraction of sp³-hybridized carbons (Fsp3) is 0. The molecule has 0 bridgehead atoms. The van der Waals surface area contributed by atoms with E-state index < -0.39 is 5.97 Å². The number of aromatic carboxylic acids is 1. The maximum atomic E-state index is 13.5. The minimum atomic E-state index is -1.20. The Labute approximate surface area is 256 Å². The number of aromatic hydroxyl groups is 1. The average molecular weight is 614 g/mol. The predicted octanol–water partition coefficient (Wildman–Crippen LogP) is 8.10. The minimum Gasteiger partial charge on any atom is -0.507 e. The van der Waals surface area contributed by atoms with Gasteiger partial charge in [0.05, 0.1) is 37.1 Å². The molecule has 0 amide bonds. The number of carboxylic acid groups (broad SMARTS) is 1. The molecule has 0 unspecified atom stereocenters. The second-order valence-electron chi connectivity index (χ2n) is 10.2. The van der Waals surface area contributed by atoms with Gasteiger partial charge < -0.3 is 20.4 Å². The fourth-order valence-electron chi connectivity index (χ4n) is 5.57. The number of anilines is 1. The Bertz CT molecular complexity index is 2430. The van der Waals surface area contributed by atoms with Crippen LogP contribution in [0.25, 0.3) is 75.0 Å². The number of rotatable bonds is 4. The molecule has 1 aliphatic heterocycles.